The maximum absolute atomic E-state index is 13.8. The number of nitro benzene ring substituents is 1. The highest BCUT2D eigenvalue weighted by atomic mass is 32.2. The van der Waals surface area contributed by atoms with E-state index in [0.29, 0.717) is 13.1 Å². The third-order valence-electron chi connectivity index (χ3n) is 5.23. The van der Waals surface area contributed by atoms with Crippen LogP contribution in [0, 0.1) is 15.9 Å². The summed E-state index contributed by atoms with van der Waals surface area (Å²) in [5.74, 6) is 0.465. The quantitative estimate of drug-likeness (QED) is 0.265. The van der Waals surface area contributed by atoms with Gasteiger partial charge in [-0.25, -0.2) is 4.39 Å². The van der Waals surface area contributed by atoms with E-state index >= 15 is 0 Å². The lowest BCUT2D eigenvalue weighted by atomic mass is 10.1. The Labute approximate surface area is 190 Å². The monoisotopic (exact) mass is 447 g/mol. The summed E-state index contributed by atoms with van der Waals surface area (Å²) in [5, 5.41) is 11.3. The SMILES string of the molecule is CN1CCN=C(C=Cc2cc([N+](=O)[O-])ccc2SCc2ccccc2)c2ccc(F)cc21. The molecule has 0 atom stereocenters. The van der Waals surface area contributed by atoms with Crippen LogP contribution >= 0.6 is 11.8 Å². The molecule has 32 heavy (non-hydrogen) atoms. The Morgan fingerprint density at radius 2 is 1.94 bits per heavy atom. The number of hydrogen-bond acceptors (Lipinski definition) is 5. The third-order valence-corrected chi connectivity index (χ3v) is 6.39. The number of nitrogens with zero attached hydrogens (tertiary/aromatic N) is 3. The summed E-state index contributed by atoms with van der Waals surface area (Å²) in [4.78, 5) is 18.5. The highest BCUT2D eigenvalue weighted by Gasteiger charge is 2.16. The van der Waals surface area contributed by atoms with Crippen molar-refractivity contribution in [3.8, 4) is 0 Å². The molecule has 5 nitrogen and oxygen atoms in total. The number of nitro groups is 1. The van der Waals surface area contributed by atoms with Crippen LogP contribution in [0.4, 0.5) is 15.8 Å². The topological polar surface area (TPSA) is 58.7 Å². The van der Waals surface area contributed by atoms with Gasteiger partial charge in [0.15, 0.2) is 0 Å². The first kappa shape index (κ1) is 21.8. The molecule has 0 amide bonds. The number of anilines is 1. The summed E-state index contributed by atoms with van der Waals surface area (Å²) in [6.07, 6.45) is 3.72. The van der Waals surface area contributed by atoms with Gasteiger partial charge in [0.25, 0.3) is 5.69 Å². The molecule has 0 radical (unpaired) electrons. The van der Waals surface area contributed by atoms with E-state index in [1.165, 1.54) is 23.8 Å². The van der Waals surface area contributed by atoms with Crippen molar-refractivity contribution < 1.29 is 9.31 Å². The van der Waals surface area contributed by atoms with Gasteiger partial charge in [-0.05, 0) is 41.5 Å². The van der Waals surface area contributed by atoms with E-state index in [1.807, 2.05) is 42.3 Å². The maximum Gasteiger partial charge on any atom is 0.270 e. The van der Waals surface area contributed by atoms with Gasteiger partial charge in [-0.2, -0.15) is 0 Å². The predicted octanol–water partition coefficient (Wildman–Crippen LogP) is 5.98. The van der Waals surface area contributed by atoms with Crippen LogP contribution in [0.15, 0.2) is 82.7 Å². The fourth-order valence-electron chi connectivity index (χ4n) is 3.52. The summed E-state index contributed by atoms with van der Waals surface area (Å²) in [7, 11) is 1.92. The first-order chi connectivity index (χ1) is 15.5. The molecular formula is C25H22FN3O2S. The second-order valence-electron chi connectivity index (χ2n) is 7.44. The van der Waals surface area contributed by atoms with E-state index in [9.17, 15) is 14.5 Å². The largest absolute Gasteiger partial charge is 0.372 e. The lowest BCUT2D eigenvalue weighted by molar-refractivity contribution is -0.384. The number of likely N-dealkylation sites (N-methyl/N-ethyl adjacent to an activating group) is 1. The summed E-state index contributed by atoms with van der Waals surface area (Å²) in [5.41, 5.74) is 4.32. The van der Waals surface area contributed by atoms with Gasteiger partial charge in [0.05, 0.1) is 17.2 Å². The molecule has 0 fully saturated rings. The van der Waals surface area contributed by atoms with E-state index in [4.69, 9.17) is 0 Å². The predicted molar refractivity (Wildman–Crippen MR) is 129 cm³/mol. The molecule has 3 aromatic rings. The Hall–Kier alpha value is -3.45. The van der Waals surface area contributed by atoms with Crippen LogP contribution in [0.1, 0.15) is 16.7 Å². The molecule has 0 spiro atoms. The molecule has 3 aromatic carbocycles. The number of hydrogen-bond donors (Lipinski definition) is 0. The molecule has 0 aromatic heterocycles. The minimum Gasteiger partial charge on any atom is -0.372 e. The molecule has 0 saturated carbocycles. The van der Waals surface area contributed by atoms with Gasteiger partial charge in [0, 0.05) is 47.6 Å². The van der Waals surface area contributed by atoms with E-state index in [2.05, 4.69) is 17.1 Å². The standard InChI is InChI=1S/C25H22FN3O2S/c1-28-14-13-27-23(22-10-8-20(26)16-24(22)28)11-7-19-15-21(29(30)31)9-12-25(19)32-17-18-5-3-2-4-6-18/h2-12,15-16H,13-14,17H2,1H3. The molecule has 7 heteroatoms. The van der Waals surface area contributed by atoms with Crippen LogP contribution in [-0.4, -0.2) is 30.8 Å². The Morgan fingerprint density at radius 1 is 1.12 bits per heavy atom. The highest BCUT2D eigenvalue weighted by molar-refractivity contribution is 7.98. The number of allylic oxidation sites excluding steroid dienone is 1. The van der Waals surface area contributed by atoms with Crippen LogP contribution in [0.3, 0.4) is 0 Å². The van der Waals surface area contributed by atoms with E-state index in [0.717, 1.165) is 33.2 Å². The Morgan fingerprint density at radius 3 is 2.72 bits per heavy atom. The van der Waals surface area contributed by atoms with Gasteiger partial charge in [-0.15, -0.1) is 11.8 Å². The Kier molecular flexibility index (Phi) is 6.66. The number of halogens is 1. The molecule has 1 aliphatic heterocycles. The van der Waals surface area contributed by atoms with E-state index < -0.39 is 0 Å². The van der Waals surface area contributed by atoms with Gasteiger partial charge in [0.1, 0.15) is 5.82 Å². The second-order valence-corrected chi connectivity index (χ2v) is 8.45. The molecule has 1 heterocycles. The summed E-state index contributed by atoms with van der Waals surface area (Å²) >= 11 is 1.63. The first-order valence-corrected chi connectivity index (χ1v) is 11.2. The van der Waals surface area contributed by atoms with Gasteiger partial charge in [-0.1, -0.05) is 36.4 Å². The first-order valence-electron chi connectivity index (χ1n) is 10.2. The molecule has 0 aliphatic carbocycles. The van der Waals surface area contributed by atoms with Gasteiger partial charge < -0.3 is 4.90 Å². The van der Waals surface area contributed by atoms with Crippen LogP contribution < -0.4 is 4.90 Å². The summed E-state index contributed by atoms with van der Waals surface area (Å²) in [6.45, 7) is 1.26. The third kappa shape index (κ3) is 5.06. The zero-order chi connectivity index (χ0) is 22.5. The minimum atomic E-state index is -0.390. The molecule has 4 rings (SSSR count). The second kappa shape index (κ2) is 9.78. The van der Waals surface area contributed by atoms with E-state index in [-0.39, 0.29) is 16.4 Å². The van der Waals surface area contributed by atoms with Crippen molar-refractivity contribution in [2.24, 2.45) is 4.99 Å². The van der Waals surface area contributed by atoms with Crippen LogP contribution in [-0.2, 0) is 5.75 Å². The maximum atomic E-state index is 13.8. The fourth-order valence-corrected chi connectivity index (χ4v) is 4.49. The molecule has 162 valence electrons. The number of aliphatic imine (C=N–C) groups is 1. The summed E-state index contributed by atoms with van der Waals surface area (Å²) in [6, 6.07) is 19.6. The van der Waals surface area contributed by atoms with Crippen molar-refractivity contribution in [2.75, 3.05) is 25.0 Å². The fraction of sp³-hybridized carbons (Fsp3) is 0.160. The number of non-ortho nitro benzene ring substituents is 1. The van der Waals surface area contributed by atoms with Gasteiger partial charge in [-0.3, -0.25) is 15.1 Å². The van der Waals surface area contributed by atoms with Crippen molar-refractivity contribution in [1.29, 1.82) is 0 Å². The molecule has 1 aliphatic rings. The van der Waals surface area contributed by atoms with Crippen LogP contribution in [0.25, 0.3) is 6.08 Å². The van der Waals surface area contributed by atoms with Gasteiger partial charge in [0.2, 0.25) is 0 Å². The van der Waals surface area contributed by atoms with E-state index in [1.54, 1.807) is 30.0 Å². The van der Waals surface area contributed by atoms with Crippen molar-refractivity contribution in [2.45, 2.75) is 10.6 Å². The number of rotatable bonds is 6. The molecular weight excluding hydrogens is 425 g/mol. The minimum absolute atomic E-state index is 0.0405. The Balaban J connectivity index is 1.66. The molecule has 0 N–H and O–H groups in total. The zero-order valence-corrected chi connectivity index (χ0v) is 18.4. The lowest BCUT2D eigenvalue weighted by Crippen LogP contribution is -2.20. The van der Waals surface area contributed by atoms with Crippen molar-refractivity contribution in [3.05, 3.63) is 105 Å². The number of thioether (sulfide) groups is 1. The smallest absolute Gasteiger partial charge is 0.270 e. The highest BCUT2D eigenvalue weighted by Crippen LogP contribution is 2.31. The molecule has 0 saturated heterocycles. The average molecular weight is 448 g/mol. The van der Waals surface area contributed by atoms with Crippen LogP contribution in [0.2, 0.25) is 0 Å². The van der Waals surface area contributed by atoms with Crippen LogP contribution in [0.5, 0.6) is 0 Å². The normalized spacial score (nSPS) is 13.6. The number of benzene rings is 3. The van der Waals surface area contributed by atoms with Crippen molar-refractivity contribution in [3.63, 3.8) is 0 Å². The molecule has 0 unspecified atom stereocenters. The molecule has 0 bridgehead atoms. The Bertz CT molecular complexity index is 1200. The zero-order valence-electron chi connectivity index (χ0n) is 17.6. The van der Waals surface area contributed by atoms with Crippen molar-refractivity contribution in [1.82, 2.24) is 0 Å². The average Bonchev–Trinajstić information content (AvgIpc) is 2.95. The van der Waals surface area contributed by atoms with Crippen molar-refractivity contribution >= 4 is 34.9 Å². The number of benzodiazepines with no additional fused rings is 1. The number of fused-ring (bicyclic) bond motifs is 1. The van der Waals surface area contributed by atoms with Gasteiger partial charge >= 0.3 is 0 Å². The summed E-state index contributed by atoms with van der Waals surface area (Å²) < 4.78 is 13.8. The lowest BCUT2D eigenvalue weighted by Gasteiger charge is -2.18.